The Hall–Kier alpha value is -1.54. The number of hydrogen-bond donors (Lipinski definition) is 2. The molecule has 1 aliphatic heterocycles. The summed E-state index contributed by atoms with van der Waals surface area (Å²) >= 11 is 1.36. The van der Waals surface area contributed by atoms with Crippen molar-refractivity contribution in [3.8, 4) is 0 Å². The van der Waals surface area contributed by atoms with Crippen molar-refractivity contribution in [2.75, 3.05) is 24.6 Å². The van der Waals surface area contributed by atoms with Gasteiger partial charge in [-0.3, -0.25) is 14.5 Å². The molecule has 7 nitrogen and oxygen atoms in total. The van der Waals surface area contributed by atoms with Gasteiger partial charge in [0.1, 0.15) is 5.01 Å². The Bertz CT molecular complexity index is 505. The minimum Gasteiger partial charge on any atom is -0.396 e. The molecule has 0 bridgehead atoms. The number of aromatic nitrogens is 2. The number of aryl methyl sites for hydroxylation is 1. The van der Waals surface area contributed by atoms with Gasteiger partial charge in [0, 0.05) is 26.1 Å². The molecule has 21 heavy (non-hydrogen) atoms. The zero-order chi connectivity index (χ0) is 15.2. The van der Waals surface area contributed by atoms with E-state index in [9.17, 15) is 9.59 Å². The van der Waals surface area contributed by atoms with Gasteiger partial charge in [-0.1, -0.05) is 11.3 Å². The molecule has 1 saturated heterocycles. The Labute approximate surface area is 127 Å². The van der Waals surface area contributed by atoms with Gasteiger partial charge in [0.25, 0.3) is 0 Å². The Balaban J connectivity index is 1.80. The molecule has 0 saturated carbocycles. The van der Waals surface area contributed by atoms with Gasteiger partial charge in [0.05, 0.1) is 5.92 Å². The lowest BCUT2D eigenvalue weighted by atomic mass is 10.1. The number of unbranched alkanes of at least 4 members (excludes halogenated alkanes) is 2. The molecule has 1 fully saturated rings. The normalized spacial score (nSPS) is 18.3. The molecule has 0 aliphatic carbocycles. The summed E-state index contributed by atoms with van der Waals surface area (Å²) in [6, 6.07) is 0. The molecule has 1 aromatic rings. The minimum atomic E-state index is -0.320. The Kier molecular flexibility index (Phi) is 5.63. The zero-order valence-corrected chi connectivity index (χ0v) is 12.9. The van der Waals surface area contributed by atoms with Crippen LogP contribution in [0.25, 0.3) is 0 Å². The summed E-state index contributed by atoms with van der Waals surface area (Å²) in [5.74, 6) is -0.484. The lowest BCUT2D eigenvalue weighted by Gasteiger charge is -2.12. The molecule has 2 N–H and O–H groups in total. The molecule has 8 heteroatoms. The van der Waals surface area contributed by atoms with E-state index in [1.807, 2.05) is 6.92 Å². The Morgan fingerprint density at radius 3 is 2.90 bits per heavy atom. The summed E-state index contributed by atoms with van der Waals surface area (Å²) in [5.41, 5.74) is 0. The number of rotatable bonds is 7. The second-order valence-electron chi connectivity index (χ2n) is 5.08. The molecule has 0 radical (unpaired) electrons. The van der Waals surface area contributed by atoms with Gasteiger partial charge in [0.2, 0.25) is 16.9 Å². The lowest BCUT2D eigenvalue weighted by Crippen LogP contribution is -2.33. The third kappa shape index (κ3) is 4.21. The Morgan fingerprint density at radius 2 is 2.24 bits per heavy atom. The molecule has 1 unspecified atom stereocenters. The maximum absolute atomic E-state index is 12.0. The van der Waals surface area contributed by atoms with Crippen LogP contribution in [0.15, 0.2) is 0 Å². The van der Waals surface area contributed by atoms with Crippen molar-refractivity contribution in [1.82, 2.24) is 15.5 Å². The molecule has 0 aromatic carbocycles. The van der Waals surface area contributed by atoms with E-state index < -0.39 is 0 Å². The minimum absolute atomic E-state index is 0.0772. The summed E-state index contributed by atoms with van der Waals surface area (Å²) in [4.78, 5) is 25.5. The molecule has 2 amide bonds. The van der Waals surface area contributed by atoms with E-state index in [-0.39, 0.29) is 30.8 Å². The summed E-state index contributed by atoms with van der Waals surface area (Å²) in [6.07, 6.45) is 2.70. The van der Waals surface area contributed by atoms with Crippen molar-refractivity contribution in [3.63, 3.8) is 0 Å². The predicted molar refractivity (Wildman–Crippen MR) is 79.1 cm³/mol. The lowest BCUT2D eigenvalue weighted by molar-refractivity contribution is -0.126. The van der Waals surface area contributed by atoms with E-state index in [2.05, 4.69) is 15.5 Å². The van der Waals surface area contributed by atoms with Crippen molar-refractivity contribution in [2.24, 2.45) is 5.92 Å². The maximum Gasteiger partial charge on any atom is 0.229 e. The van der Waals surface area contributed by atoms with Gasteiger partial charge >= 0.3 is 0 Å². The van der Waals surface area contributed by atoms with Crippen molar-refractivity contribution in [2.45, 2.75) is 32.6 Å². The van der Waals surface area contributed by atoms with Gasteiger partial charge < -0.3 is 10.4 Å². The van der Waals surface area contributed by atoms with Crippen LogP contribution in [0.4, 0.5) is 5.13 Å². The van der Waals surface area contributed by atoms with Gasteiger partial charge in [-0.05, 0) is 26.2 Å². The molecule has 1 aliphatic rings. The molecular formula is C13H20N4O3S. The SMILES string of the molecule is Cc1nnc(N2CC(C(=O)NCCCCCO)CC2=O)s1. The van der Waals surface area contributed by atoms with E-state index in [1.54, 1.807) is 4.90 Å². The van der Waals surface area contributed by atoms with Crippen molar-refractivity contribution < 1.29 is 14.7 Å². The fourth-order valence-corrected chi connectivity index (χ4v) is 2.95. The second kappa shape index (κ2) is 7.46. The van der Waals surface area contributed by atoms with Crippen molar-refractivity contribution >= 4 is 28.3 Å². The van der Waals surface area contributed by atoms with Crippen LogP contribution in [0, 0.1) is 12.8 Å². The first-order valence-corrected chi connectivity index (χ1v) is 7.92. The van der Waals surface area contributed by atoms with Crippen molar-refractivity contribution in [1.29, 1.82) is 0 Å². The highest BCUT2D eigenvalue weighted by molar-refractivity contribution is 7.15. The van der Waals surface area contributed by atoms with E-state index in [0.29, 0.717) is 18.2 Å². The number of anilines is 1. The van der Waals surface area contributed by atoms with Crippen LogP contribution < -0.4 is 10.2 Å². The second-order valence-corrected chi connectivity index (χ2v) is 6.24. The third-order valence-electron chi connectivity index (χ3n) is 3.38. The number of nitrogens with one attached hydrogen (secondary N) is 1. The van der Waals surface area contributed by atoms with E-state index >= 15 is 0 Å². The number of hydrogen-bond acceptors (Lipinski definition) is 6. The molecule has 0 spiro atoms. The average molecular weight is 312 g/mol. The highest BCUT2D eigenvalue weighted by Gasteiger charge is 2.36. The van der Waals surface area contributed by atoms with Crippen LogP contribution in [0.5, 0.6) is 0 Å². The van der Waals surface area contributed by atoms with Crippen molar-refractivity contribution in [3.05, 3.63) is 5.01 Å². The highest BCUT2D eigenvalue weighted by atomic mass is 32.1. The van der Waals surface area contributed by atoms with Crippen LogP contribution in [0.2, 0.25) is 0 Å². The smallest absolute Gasteiger partial charge is 0.229 e. The first kappa shape index (κ1) is 15.8. The quantitative estimate of drug-likeness (QED) is 0.714. The van der Waals surface area contributed by atoms with Gasteiger partial charge in [0.15, 0.2) is 0 Å². The summed E-state index contributed by atoms with van der Waals surface area (Å²) in [7, 11) is 0. The first-order chi connectivity index (χ1) is 10.1. The Morgan fingerprint density at radius 1 is 1.43 bits per heavy atom. The maximum atomic E-state index is 12.0. The molecule has 1 atom stereocenters. The van der Waals surface area contributed by atoms with E-state index in [0.717, 1.165) is 24.3 Å². The highest BCUT2D eigenvalue weighted by Crippen LogP contribution is 2.27. The van der Waals surface area contributed by atoms with E-state index in [4.69, 9.17) is 5.11 Å². The number of aliphatic hydroxyl groups is 1. The molecule has 2 heterocycles. The standard InChI is InChI=1S/C13H20N4O3S/c1-9-15-16-13(21-9)17-8-10(7-11(17)19)12(20)14-5-3-2-4-6-18/h10,18H,2-8H2,1H3,(H,14,20). The summed E-state index contributed by atoms with van der Waals surface area (Å²) < 4.78 is 0. The fourth-order valence-electron chi connectivity index (χ4n) is 2.23. The fraction of sp³-hybridized carbons (Fsp3) is 0.692. The number of nitrogens with zero attached hydrogens (tertiary/aromatic N) is 3. The third-order valence-corrected chi connectivity index (χ3v) is 4.24. The van der Waals surface area contributed by atoms with Crippen LogP contribution >= 0.6 is 11.3 Å². The molecule has 1 aromatic heterocycles. The number of aliphatic hydroxyl groups excluding tert-OH is 1. The first-order valence-electron chi connectivity index (χ1n) is 7.11. The van der Waals surface area contributed by atoms with Crippen LogP contribution in [0.3, 0.4) is 0 Å². The van der Waals surface area contributed by atoms with Gasteiger partial charge in [-0.15, -0.1) is 10.2 Å². The number of amides is 2. The van der Waals surface area contributed by atoms with Gasteiger partial charge in [-0.2, -0.15) is 0 Å². The van der Waals surface area contributed by atoms with E-state index in [1.165, 1.54) is 11.3 Å². The molecule has 116 valence electrons. The van der Waals surface area contributed by atoms with Crippen LogP contribution in [-0.2, 0) is 9.59 Å². The number of carbonyl (C=O) groups excluding carboxylic acids is 2. The summed E-state index contributed by atoms with van der Waals surface area (Å²) in [6.45, 7) is 2.97. The zero-order valence-electron chi connectivity index (χ0n) is 12.0. The monoisotopic (exact) mass is 312 g/mol. The summed E-state index contributed by atoms with van der Waals surface area (Å²) in [5, 5.41) is 20.7. The van der Waals surface area contributed by atoms with Crippen LogP contribution in [0.1, 0.15) is 30.7 Å². The molecule has 2 rings (SSSR count). The number of carbonyl (C=O) groups is 2. The topological polar surface area (TPSA) is 95.4 Å². The van der Waals surface area contributed by atoms with Crippen LogP contribution in [-0.4, -0.2) is 46.8 Å². The molecular weight excluding hydrogens is 292 g/mol. The average Bonchev–Trinajstić information content (AvgIpc) is 3.04. The largest absolute Gasteiger partial charge is 0.396 e. The predicted octanol–water partition coefficient (Wildman–Crippen LogP) is 0.478. The van der Waals surface area contributed by atoms with Gasteiger partial charge in [-0.25, -0.2) is 0 Å².